The van der Waals surface area contributed by atoms with Crippen molar-refractivity contribution in [3.8, 4) is 6.07 Å². The number of benzene rings is 2. The maximum absolute atomic E-state index is 13.5. The van der Waals surface area contributed by atoms with Crippen LogP contribution in [-0.4, -0.2) is 29.8 Å². The summed E-state index contributed by atoms with van der Waals surface area (Å²) < 4.78 is 39.1. The van der Waals surface area contributed by atoms with E-state index in [9.17, 15) is 28.0 Å². The van der Waals surface area contributed by atoms with Gasteiger partial charge in [-0.3, -0.25) is 9.59 Å². The van der Waals surface area contributed by atoms with E-state index in [0.717, 1.165) is 30.5 Å². The molecule has 0 radical (unpaired) electrons. The molecule has 5 nitrogen and oxygen atoms in total. The fourth-order valence-electron chi connectivity index (χ4n) is 5.31. The molecule has 8 heteroatoms. The van der Waals surface area contributed by atoms with Gasteiger partial charge in [-0.15, -0.1) is 0 Å². The number of alkyl halides is 3. The molecule has 2 aromatic rings. The highest BCUT2D eigenvalue weighted by molar-refractivity contribution is 5.96. The highest BCUT2D eigenvalue weighted by atomic mass is 19.4. The Morgan fingerprint density at radius 1 is 0.971 bits per heavy atom. The molecule has 2 fully saturated rings. The topological polar surface area (TPSA) is 73.2 Å². The largest absolute Gasteiger partial charge is 0.416 e. The highest BCUT2D eigenvalue weighted by Gasteiger charge is 2.42. The normalized spacial score (nSPS) is 22.2. The smallest absolute Gasteiger partial charge is 0.342 e. The lowest BCUT2D eigenvalue weighted by Crippen LogP contribution is -2.49. The van der Waals surface area contributed by atoms with Crippen molar-refractivity contribution in [1.29, 1.82) is 5.26 Å². The van der Waals surface area contributed by atoms with Crippen molar-refractivity contribution < 1.29 is 22.8 Å². The number of hydrogen-bond acceptors (Lipinski definition) is 3. The number of nitrogens with one attached hydrogen (secondary N) is 1. The van der Waals surface area contributed by atoms with Gasteiger partial charge in [-0.25, -0.2) is 0 Å². The summed E-state index contributed by atoms with van der Waals surface area (Å²) in [5, 5.41) is 12.5. The van der Waals surface area contributed by atoms with E-state index in [2.05, 4.69) is 11.4 Å². The molecular formula is C27H28F3N3O2. The van der Waals surface area contributed by atoms with Gasteiger partial charge in [-0.1, -0.05) is 49.2 Å². The van der Waals surface area contributed by atoms with Crippen LogP contribution in [0.5, 0.6) is 0 Å². The van der Waals surface area contributed by atoms with Gasteiger partial charge in [0, 0.05) is 30.6 Å². The first-order chi connectivity index (χ1) is 16.7. The molecule has 1 aliphatic heterocycles. The van der Waals surface area contributed by atoms with Crippen LogP contribution in [0, 0.1) is 23.2 Å². The van der Waals surface area contributed by atoms with Crippen LogP contribution in [0.2, 0.25) is 0 Å². The Balaban J connectivity index is 1.44. The highest BCUT2D eigenvalue weighted by Crippen LogP contribution is 2.38. The van der Waals surface area contributed by atoms with E-state index in [1.807, 2.05) is 30.3 Å². The quantitative estimate of drug-likeness (QED) is 0.621. The first-order valence-electron chi connectivity index (χ1n) is 12.0. The van der Waals surface area contributed by atoms with Crippen LogP contribution in [0.4, 0.5) is 18.9 Å². The Labute approximate surface area is 202 Å². The maximum atomic E-state index is 13.5. The summed E-state index contributed by atoms with van der Waals surface area (Å²) in [6.07, 6.45) is -0.768. The first-order valence-corrected chi connectivity index (χ1v) is 12.0. The zero-order chi connectivity index (χ0) is 25.1. The number of rotatable bonds is 4. The molecule has 0 bridgehead atoms. The average Bonchev–Trinajstić information content (AvgIpc) is 2.88. The van der Waals surface area contributed by atoms with Gasteiger partial charge in [0.2, 0.25) is 11.8 Å². The third-order valence-corrected chi connectivity index (χ3v) is 7.35. The number of likely N-dealkylation sites (tertiary alicyclic amines) is 1. The second-order valence-corrected chi connectivity index (χ2v) is 9.45. The van der Waals surface area contributed by atoms with Gasteiger partial charge in [0.25, 0.3) is 0 Å². The number of anilines is 1. The Hall–Kier alpha value is -3.34. The van der Waals surface area contributed by atoms with Gasteiger partial charge < -0.3 is 10.2 Å². The predicted molar refractivity (Wildman–Crippen MR) is 125 cm³/mol. The molecule has 0 spiro atoms. The van der Waals surface area contributed by atoms with Crippen LogP contribution in [0.15, 0.2) is 54.6 Å². The molecule has 1 saturated carbocycles. The Morgan fingerprint density at radius 3 is 2.26 bits per heavy atom. The molecule has 184 valence electrons. The van der Waals surface area contributed by atoms with Crippen molar-refractivity contribution in [2.24, 2.45) is 11.8 Å². The molecule has 1 heterocycles. The molecule has 1 N–H and O–H groups in total. The Kier molecular flexibility index (Phi) is 7.15. The first kappa shape index (κ1) is 24.8. The molecule has 2 amide bonds. The van der Waals surface area contributed by atoms with Crippen LogP contribution < -0.4 is 5.32 Å². The van der Waals surface area contributed by atoms with Crippen LogP contribution in [0.25, 0.3) is 0 Å². The van der Waals surface area contributed by atoms with E-state index >= 15 is 0 Å². The predicted octanol–water partition coefficient (Wildman–Crippen LogP) is 5.53. The van der Waals surface area contributed by atoms with Gasteiger partial charge >= 0.3 is 6.18 Å². The van der Waals surface area contributed by atoms with Crippen molar-refractivity contribution >= 4 is 17.5 Å². The van der Waals surface area contributed by atoms with Gasteiger partial charge in [0.15, 0.2) is 0 Å². The van der Waals surface area contributed by atoms with Gasteiger partial charge in [0.1, 0.15) is 0 Å². The molecule has 2 atom stereocenters. The monoisotopic (exact) mass is 483 g/mol. The minimum atomic E-state index is -4.50. The lowest BCUT2D eigenvalue weighted by atomic mass is 9.73. The fraction of sp³-hybridized carbons (Fsp3) is 0.444. The number of carbonyl (C=O) groups is 2. The summed E-state index contributed by atoms with van der Waals surface area (Å²) >= 11 is 0. The van der Waals surface area contributed by atoms with Crippen molar-refractivity contribution in [3.63, 3.8) is 0 Å². The average molecular weight is 484 g/mol. The molecule has 4 rings (SSSR count). The van der Waals surface area contributed by atoms with Crippen molar-refractivity contribution in [3.05, 3.63) is 65.7 Å². The zero-order valence-electron chi connectivity index (χ0n) is 19.4. The van der Waals surface area contributed by atoms with Gasteiger partial charge in [0.05, 0.1) is 17.0 Å². The summed E-state index contributed by atoms with van der Waals surface area (Å²) in [4.78, 5) is 28.3. The summed E-state index contributed by atoms with van der Waals surface area (Å²) in [7, 11) is 0. The molecule has 2 aromatic carbocycles. The molecule has 2 aliphatic rings. The molecule has 35 heavy (non-hydrogen) atoms. The second-order valence-electron chi connectivity index (χ2n) is 9.45. The Bertz CT molecular complexity index is 1100. The number of halogens is 3. The number of hydrogen-bond donors (Lipinski definition) is 1. The summed E-state index contributed by atoms with van der Waals surface area (Å²) in [6, 6.07) is 16.6. The van der Waals surface area contributed by atoms with E-state index in [0.29, 0.717) is 38.8 Å². The minimum absolute atomic E-state index is 0.0706. The summed E-state index contributed by atoms with van der Waals surface area (Å²) in [5.41, 5.74) is -0.448. The van der Waals surface area contributed by atoms with E-state index in [1.54, 1.807) is 4.90 Å². The SMILES string of the molecule is N#CC1(c2ccccc2)CCN(C(=O)C2CCCCC2C(=O)Nc2cccc(C(F)(F)F)c2)CC1. The van der Waals surface area contributed by atoms with Crippen LogP contribution in [-0.2, 0) is 21.2 Å². The van der Waals surface area contributed by atoms with Gasteiger partial charge in [-0.05, 0) is 49.4 Å². The maximum Gasteiger partial charge on any atom is 0.416 e. The standard InChI is InChI=1S/C27H28F3N3O2/c28-27(29,30)20-9-6-10-21(17-20)32-24(34)22-11-4-5-12-23(22)25(35)33-15-13-26(18-31,14-16-33)19-7-2-1-3-8-19/h1-3,6-10,17,22-23H,4-5,11-16H2,(H,32,34). The van der Waals surface area contributed by atoms with E-state index in [4.69, 9.17) is 0 Å². The van der Waals surface area contributed by atoms with Crippen LogP contribution in [0.1, 0.15) is 49.7 Å². The third-order valence-electron chi connectivity index (χ3n) is 7.35. The van der Waals surface area contributed by atoms with Crippen molar-refractivity contribution in [2.75, 3.05) is 18.4 Å². The molecule has 2 unspecified atom stereocenters. The zero-order valence-corrected chi connectivity index (χ0v) is 19.4. The fourth-order valence-corrected chi connectivity index (χ4v) is 5.31. The third kappa shape index (κ3) is 5.34. The molecule has 1 saturated heterocycles. The number of nitrogens with zero attached hydrogens (tertiary/aromatic N) is 2. The Morgan fingerprint density at radius 2 is 1.63 bits per heavy atom. The van der Waals surface area contributed by atoms with Gasteiger partial charge in [-0.2, -0.15) is 18.4 Å². The second kappa shape index (κ2) is 10.1. The summed E-state index contributed by atoms with van der Waals surface area (Å²) in [5.74, 6) is -1.63. The number of carbonyl (C=O) groups excluding carboxylic acids is 2. The van der Waals surface area contributed by atoms with E-state index in [-0.39, 0.29) is 11.6 Å². The van der Waals surface area contributed by atoms with E-state index in [1.165, 1.54) is 12.1 Å². The lowest BCUT2D eigenvalue weighted by Gasteiger charge is -2.40. The van der Waals surface area contributed by atoms with Crippen molar-refractivity contribution in [1.82, 2.24) is 4.90 Å². The number of piperidine rings is 1. The van der Waals surface area contributed by atoms with E-state index < -0.39 is 34.9 Å². The van der Waals surface area contributed by atoms with Crippen LogP contribution >= 0.6 is 0 Å². The van der Waals surface area contributed by atoms with Crippen LogP contribution in [0.3, 0.4) is 0 Å². The molecular weight excluding hydrogens is 455 g/mol. The minimum Gasteiger partial charge on any atom is -0.342 e. The lowest BCUT2D eigenvalue weighted by molar-refractivity contribution is -0.143. The molecule has 0 aromatic heterocycles. The van der Waals surface area contributed by atoms with Crippen molar-refractivity contribution in [2.45, 2.75) is 50.1 Å². The summed E-state index contributed by atoms with van der Waals surface area (Å²) in [6.45, 7) is 0.861. The number of amides is 2. The number of nitriles is 1. The molecule has 1 aliphatic carbocycles.